The maximum absolute atomic E-state index is 13.7. The van der Waals surface area contributed by atoms with E-state index in [1.807, 2.05) is 30.3 Å². The summed E-state index contributed by atoms with van der Waals surface area (Å²) < 4.78 is 11.5. The fourth-order valence-electron chi connectivity index (χ4n) is 6.80. The van der Waals surface area contributed by atoms with Crippen LogP contribution in [-0.2, 0) is 16.1 Å². The molecule has 0 spiro atoms. The quantitative estimate of drug-likeness (QED) is 0.0524. The average molecular weight is 720 g/mol. The van der Waals surface area contributed by atoms with Crippen molar-refractivity contribution in [2.45, 2.75) is 192 Å². The van der Waals surface area contributed by atoms with Gasteiger partial charge < -0.3 is 35.4 Å². The van der Waals surface area contributed by atoms with Gasteiger partial charge in [-0.25, -0.2) is 9.59 Å². The van der Waals surface area contributed by atoms with Crippen LogP contribution in [0.15, 0.2) is 30.3 Å². The molecule has 0 aromatic heterocycles. The van der Waals surface area contributed by atoms with E-state index in [1.165, 1.54) is 101 Å². The molecule has 1 heterocycles. The fourth-order valence-corrected chi connectivity index (χ4v) is 6.80. The molecule has 0 bridgehead atoms. The van der Waals surface area contributed by atoms with Crippen LogP contribution in [0.5, 0.6) is 0 Å². The number of ether oxygens (including phenoxy) is 2. The minimum atomic E-state index is -1.50. The fraction of sp³-hybridized carbons (Fsp3) is 0.805. The Morgan fingerprint density at radius 2 is 1.20 bits per heavy atom. The largest absolute Gasteiger partial charge is 0.445 e. The number of aliphatic hydroxyl groups is 3. The van der Waals surface area contributed by atoms with E-state index in [9.17, 15) is 24.9 Å². The Morgan fingerprint density at radius 1 is 0.706 bits per heavy atom. The van der Waals surface area contributed by atoms with Gasteiger partial charge in [0.15, 0.2) is 6.23 Å². The second-order valence-electron chi connectivity index (χ2n) is 14.5. The van der Waals surface area contributed by atoms with Crippen LogP contribution in [0, 0.1) is 0 Å². The number of hydrogen-bond acceptors (Lipinski definition) is 7. The van der Waals surface area contributed by atoms with Crippen molar-refractivity contribution >= 4 is 12.1 Å². The van der Waals surface area contributed by atoms with Crippen molar-refractivity contribution in [1.82, 2.24) is 15.5 Å². The van der Waals surface area contributed by atoms with E-state index in [2.05, 4.69) is 24.5 Å². The maximum Gasteiger partial charge on any atom is 0.407 e. The van der Waals surface area contributed by atoms with Gasteiger partial charge in [0.2, 0.25) is 0 Å². The molecule has 1 aromatic rings. The van der Waals surface area contributed by atoms with E-state index in [0.29, 0.717) is 13.1 Å². The molecule has 0 saturated carbocycles. The SMILES string of the molecule is CCCCCCCCCCCCCCNC(=O)N(CCCCCCCCCCCC)C1O[C@H](CO)[C@@H](O)[C@H](O)[C@H]1NC(=O)OCc1ccccc1. The second-order valence-corrected chi connectivity index (χ2v) is 14.5. The standard InChI is InChI=1S/C41H73N3O7/c1-3-5-7-9-11-13-15-16-17-19-21-26-30-42-40(48)44(31-27-22-20-18-14-12-10-8-6-4-2)39-36(38(47)37(46)35(32-45)51-39)43-41(49)50-33-34-28-24-23-25-29-34/h23-25,28-29,35-39,45-47H,3-22,26-27,30-33H2,1-2H3,(H,42,48)(H,43,49)/t35-,36-,37-,38-,39?/m1/s1. The number of rotatable bonds is 29. The minimum absolute atomic E-state index is 0.0185. The summed E-state index contributed by atoms with van der Waals surface area (Å²) in [5, 5.41) is 37.5. The zero-order chi connectivity index (χ0) is 36.9. The lowest BCUT2D eigenvalue weighted by atomic mass is 9.95. The monoisotopic (exact) mass is 720 g/mol. The number of urea groups is 1. The number of hydrogen-bond donors (Lipinski definition) is 5. The van der Waals surface area contributed by atoms with Gasteiger partial charge in [-0.3, -0.25) is 4.90 Å². The van der Waals surface area contributed by atoms with Gasteiger partial charge in [0.25, 0.3) is 0 Å². The van der Waals surface area contributed by atoms with Crippen LogP contribution in [0.25, 0.3) is 0 Å². The zero-order valence-electron chi connectivity index (χ0n) is 32.1. The van der Waals surface area contributed by atoms with Crippen LogP contribution in [0.2, 0.25) is 0 Å². The Kier molecular flexibility index (Phi) is 25.5. The number of nitrogens with zero attached hydrogens (tertiary/aromatic N) is 1. The molecule has 2 rings (SSSR count). The number of amides is 3. The minimum Gasteiger partial charge on any atom is -0.445 e. The van der Waals surface area contributed by atoms with E-state index in [4.69, 9.17) is 9.47 Å². The summed E-state index contributed by atoms with van der Waals surface area (Å²) in [6, 6.07) is 7.69. The first-order chi connectivity index (χ1) is 24.9. The van der Waals surface area contributed by atoms with Crippen molar-refractivity contribution in [3.05, 3.63) is 35.9 Å². The molecule has 1 saturated heterocycles. The van der Waals surface area contributed by atoms with Crippen molar-refractivity contribution < 1.29 is 34.4 Å². The molecule has 1 fully saturated rings. The van der Waals surface area contributed by atoms with Crippen molar-refractivity contribution in [3.8, 4) is 0 Å². The Hall–Kier alpha value is -2.40. The lowest BCUT2D eigenvalue weighted by Crippen LogP contribution is -2.69. The van der Waals surface area contributed by atoms with Crippen LogP contribution in [0.4, 0.5) is 9.59 Å². The van der Waals surface area contributed by atoms with Gasteiger partial charge in [-0.2, -0.15) is 0 Å². The van der Waals surface area contributed by atoms with Crippen molar-refractivity contribution in [3.63, 3.8) is 0 Å². The summed E-state index contributed by atoms with van der Waals surface area (Å²) in [5.41, 5.74) is 0.796. The molecule has 0 radical (unpaired) electrons. The Morgan fingerprint density at radius 3 is 1.71 bits per heavy atom. The first-order valence-electron chi connectivity index (χ1n) is 20.6. The van der Waals surface area contributed by atoms with Crippen LogP contribution in [-0.4, -0.2) is 82.6 Å². The molecule has 3 amide bonds. The van der Waals surface area contributed by atoms with Gasteiger partial charge >= 0.3 is 12.1 Å². The first kappa shape index (κ1) is 44.8. The highest BCUT2D eigenvalue weighted by Crippen LogP contribution is 2.25. The molecule has 5 N–H and O–H groups in total. The number of carbonyl (C=O) groups excluding carboxylic acids is 2. The van der Waals surface area contributed by atoms with Gasteiger partial charge in [0.1, 0.15) is 31.0 Å². The van der Waals surface area contributed by atoms with E-state index in [0.717, 1.165) is 50.5 Å². The number of aliphatic hydroxyl groups excluding tert-OH is 3. The molecule has 1 aromatic carbocycles. The second kappa shape index (κ2) is 29.1. The van der Waals surface area contributed by atoms with Crippen molar-refractivity contribution in [1.29, 1.82) is 0 Å². The molecular formula is C41H73N3O7. The van der Waals surface area contributed by atoms with Crippen LogP contribution in [0.3, 0.4) is 0 Å². The summed E-state index contributed by atoms with van der Waals surface area (Å²) in [4.78, 5) is 28.2. The third kappa shape index (κ3) is 19.3. The van der Waals surface area contributed by atoms with Crippen molar-refractivity contribution in [2.75, 3.05) is 19.7 Å². The van der Waals surface area contributed by atoms with E-state index >= 15 is 0 Å². The molecule has 10 heteroatoms. The molecule has 0 aliphatic carbocycles. The highest BCUT2D eigenvalue weighted by molar-refractivity contribution is 5.75. The normalized spacial score (nSPS) is 20.2. The van der Waals surface area contributed by atoms with E-state index < -0.39 is 43.3 Å². The Labute approximate surface area is 309 Å². The summed E-state index contributed by atoms with van der Waals surface area (Å²) >= 11 is 0. The highest BCUT2D eigenvalue weighted by Gasteiger charge is 2.48. The molecule has 1 unspecified atom stereocenters. The predicted molar refractivity (Wildman–Crippen MR) is 204 cm³/mol. The number of benzene rings is 1. The van der Waals surface area contributed by atoms with E-state index in [1.54, 1.807) is 0 Å². The first-order valence-corrected chi connectivity index (χ1v) is 20.6. The molecule has 1 aliphatic rings. The van der Waals surface area contributed by atoms with Gasteiger partial charge in [-0.1, -0.05) is 173 Å². The number of alkyl carbamates (subject to hydrolysis) is 1. The molecule has 10 nitrogen and oxygen atoms in total. The smallest absolute Gasteiger partial charge is 0.407 e. The van der Waals surface area contributed by atoms with Gasteiger partial charge in [0.05, 0.1) is 6.61 Å². The summed E-state index contributed by atoms with van der Waals surface area (Å²) in [7, 11) is 0. The molecule has 294 valence electrons. The summed E-state index contributed by atoms with van der Waals surface area (Å²) in [5.74, 6) is 0. The van der Waals surface area contributed by atoms with Crippen LogP contribution < -0.4 is 10.6 Å². The Balaban J connectivity index is 1.95. The van der Waals surface area contributed by atoms with Gasteiger partial charge in [-0.15, -0.1) is 0 Å². The lowest BCUT2D eigenvalue weighted by Gasteiger charge is -2.46. The third-order valence-electron chi connectivity index (χ3n) is 10.0. The highest BCUT2D eigenvalue weighted by atomic mass is 16.6. The topological polar surface area (TPSA) is 141 Å². The summed E-state index contributed by atoms with van der Waals surface area (Å²) in [6.07, 6.45) is 20.2. The Bertz CT molecular complexity index is 1000. The van der Waals surface area contributed by atoms with Crippen LogP contribution in [0.1, 0.15) is 161 Å². The zero-order valence-corrected chi connectivity index (χ0v) is 32.1. The van der Waals surface area contributed by atoms with Gasteiger partial charge in [0, 0.05) is 13.1 Å². The van der Waals surface area contributed by atoms with E-state index in [-0.39, 0.29) is 12.6 Å². The number of nitrogens with one attached hydrogen (secondary N) is 2. The van der Waals surface area contributed by atoms with Crippen LogP contribution >= 0.6 is 0 Å². The summed E-state index contributed by atoms with van der Waals surface area (Å²) in [6.45, 7) is 4.78. The molecule has 5 atom stereocenters. The molecular weight excluding hydrogens is 646 g/mol. The average Bonchev–Trinajstić information content (AvgIpc) is 3.14. The van der Waals surface area contributed by atoms with Crippen molar-refractivity contribution in [2.24, 2.45) is 0 Å². The van der Waals surface area contributed by atoms with Gasteiger partial charge in [-0.05, 0) is 18.4 Å². The number of carbonyl (C=O) groups is 2. The molecule has 1 aliphatic heterocycles. The third-order valence-corrected chi connectivity index (χ3v) is 10.0. The predicted octanol–water partition coefficient (Wildman–Crippen LogP) is 8.35. The lowest BCUT2D eigenvalue weighted by molar-refractivity contribution is -0.222. The molecule has 51 heavy (non-hydrogen) atoms. The maximum atomic E-state index is 13.7. The number of unbranched alkanes of at least 4 members (excludes halogenated alkanes) is 20.